The van der Waals surface area contributed by atoms with Crippen molar-refractivity contribution >= 4 is 11.4 Å². The highest BCUT2D eigenvalue weighted by molar-refractivity contribution is 6.31. The molecular weight excluding hydrogens is 232 g/mol. The molecule has 1 nitrogen and oxygen atoms in total. The number of carbonyl (C=O) groups excluding carboxylic acids is 1. The van der Waals surface area contributed by atoms with E-state index in [9.17, 15) is 4.79 Å². The van der Waals surface area contributed by atoms with Gasteiger partial charge in [-0.1, -0.05) is 72.9 Å². The smallest absolute Gasteiger partial charge is 0.193 e. The standard InChI is InChI=1S/C18H14O/c19-18-16(14-8-3-1-4-9-14)12-7-13-17(18)15-10-5-2-6-11-15/h1-10,12-13H,11H2/b17-15-. The topological polar surface area (TPSA) is 17.1 Å². The van der Waals surface area contributed by atoms with E-state index in [2.05, 4.69) is 6.08 Å². The predicted molar refractivity (Wildman–Crippen MR) is 78.5 cm³/mol. The molecule has 0 bridgehead atoms. The van der Waals surface area contributed by atoms with Crippen LogP contribution in [0.5, 0.6) is 0 Å². The molecule has 0 aliphatic heterocycles. The van der Waals surface area contributed by atoms with Gasteiger partial charge in [0.2, 0.25) is 0 Å². The molecular formula is C18H14O. The third kappa shape index (κ3) is 2.27. The first-order valence-electron chi connectivity index (χ1n) is 6.41. The Balaban J connectivity index is 2.01. The van der Waals surface area contributed by atoms with Gasteiger partial charge in [-0.2, -0.15) is 0 Å². The van der Waals surface area contributed by atoms with Crippen LogP contribution in [0.1, 0.15) is 12.0 Å². The lowest BCUT2D eigenvalue weighted by atomic mass is 9.88. The van der Waals surface area contributed by atoms with Crippen molar-refractivity contribution in [2.45, 2.75) is 6.42 Å². The molecule has 0 saturated carbocycles. The van der Waals surface area contributed by atoms with E-state index in [1.165, 1.54) is 0 Å². The Hall–Kier alpha value is -2.41. The third-order valence-corrected chi connectivity index (χ3v) is 3.33. The number of benzene rings is 1. The Morgan fingerprint density at radius 2 is 1.74 bits per heavy atom. The Bertz CT molecular complexity index is 652. The van der Waals surface area contributed by atoms with Crippen LogP contribution in [0.3, 0.4) is 0 Å². The SMILES string of the molecule is O=C1C(c2ccccc2)=CC=C/C1=C1\C=CC=CC1. The second kappa shape index (κ2) is 5.07. The van der Waals surface area contributed by atoms with E-state index in [4.69, 9.17) is 0 Å². The van der Waals surface area contributed by atoms with Crippen molar-refractivity contribution in [1.82, 2.24) is 0 Å². The zero-order chi connectivity index (χ0) is 13.1. The largest absolute Gasteiger partial charge is 0.289 e. The molecule has 0 unspecified atom stereocenters. The van der Waals surface area contributed by atoms with Crippen molar-refractivity contribution in [3.05, 3.63) is 89.6 Å². The van der Waals surface area contributed by atoms with E-state index >= 15 is 0 Å². The molecule has 0 heterocycles. The fourth-order valence-electron chi connectivity index (χ4n) is 2.35. The minimum Gasteiger partial charge on any atom is -0.289 e. The van der Waals surface area contributed by atoms with Gasteiger partial charge in [0.25, 0.3) is 0 Å². The molecule has 0 amide bonds. The summed E-state index contributed by atoms with van der Waals surface area (Å²) < 4.78 is 0. The monoisotopic (exact) mass is 246 g/mol. The number of rotatable bonds is 1. The van der Waals surface area contributed by atoms with Gasteiger partial charge in [0.05, 0.1) is 0 Å². The predicted octanol–water partition coefficient (Wildman–Crippen LogP) is 4.02. The summed E-state index contributed by atoms with van der Waals surface area (Å²) in [6.07, 6.45) is 14.7. The highest BCUT2D eigenvalue weighted by atomic mass is 16.1. The van der Waals surface area contributed by atoms with Gasteiger partial charge in [-0.05, 0) is 17.6 Å². The molecule has 1 heteroatoms. The molecule has 0 spiro atoms. The summed E-state index contributed by atoms with van der Waals surface area (Å²) >= 11 is 0. The zero-order valence-electron chi connectivity index (χ0n) is 10.5. The summed E-state index contributed by atoms with van der Waals surface area (Å²) in [5, 5.41) is 0. The molecule has 2 aliphatic rings. The highest BCUT2D eigenvalue weighted by Gasteiger charge is 2.19. The third-order valence-electron chi connectivity index (χ3n) is 3.33. The molecule has 3 rings (SSSR count). The minimum absolute atomic E-state index is 0.114. The van der Waals surface area contributed by atoms with Crippen LogP contribution < -0.4 is 0 Å². The van der Waals surface area contributed by atoms with Crippen LogP contribution in [0.4, 0.5) is 0 Å². The average Bonchev–Trinajstić information content (AvgIpc) is 2.49. The molecule has 0 saturated heterocycles. The quantitative estimate of drug-likeness (QED) is 0.684. The van der Waals surface area contributed by atoms with E-state index in [1.54, 1.807) is 0 Å². The fourth-order valence-corrected chi connectivity index (χ4v) is 2.35. The first-order valence-corrected chi connectivity index (χ1v) is 6.41. The van der Waals surface area contributed by atoms with Crippen molar-refractivity contribution in [2.24, 2.45) is 0 Å². The van der Waals surface area contributed by atoms with Crippen molar-refractivity contribution in [2.75, 3.05) is 0 Å². The van der Waals surface area contributed by atoms with Crippen LogP contribution >= 0.6 is 0 Å². The maximum atomic E-state index is 12.6. The van der Waals surface area contributed by atoms with E-state index < -0.39 is 0 Å². The Labute approximate surface area is 113 Å². The van der Waals surface area contributed by atoms with Gasteiger partial charge in [-0.25, -0.2) is 0 Å². The fraction of sp³-hybridized carbons (Fsp3) is 0.0556. The molecule has 0 fully saturated rings. The first-order chi connectivity index (χ1) is 9.36. The van der Waals surface area contributed by atoms with Crippen molar-refractivity contribution < 1.29 is 4.79 Å². The van der Waals surface area contributed by atoms with Gasteiger partial charge in [0.15, 0.2) is 5.78 Å². The maximum Gasteiger partial charge on any atom is 0.193 e. The first kappa shape index (κ1) is 11.7. The molecule has 19 heavy (non-hydrogen) atoms. The van der Waals surface area contributed by atoms with Gasteiger partial charge >= 0.3 is 0 Å². The number of allylic oxidation sites excluding steroid dienone is 10. The molecule has 0 radical (unpaired) electrons. The second-order valence-corrected chi connectivity index (χ2v) is 4.56. The second-order valence-electron chi connectivity index (χ2n) is 4.56. The lowest BCUT2D eigenvalue weighted by Gasteiger charge is -2.14. The van der Waals surface area contributed by atoms with Crippen molar-refractivity contribution in [3.8, 4) is 0 Å². The van der Waals surface area contributed by atoms with Gasteiger partial charge in [0.1, 0.15) is 0 Å². The van der Waals surface area contributed by atoms with Crippen LogP contribution in [-0.4, -0.2) is 5.78 Å². The van der Waals surface area contributed by atoms with E-state index in [0.717, 1.165) is 28.7 Å². The number of ketones is 1. The van der Waals surface area contributed by atoms with Gasteiger partial charge < -0.3 is 0 Å². The number of carbonyl (C=O) groups is 1. The zero-order valence-corrected chi connectivity index (χ0v) is 10.5. The van der Waals surface area contributed by atoms with E-state index in [0.29, 0.717) is 0 Å². The maximum absolute atomic E-state index is 12.6. The van der Waals surface area contributed by atoms with Crippen LogP contribution in [0, 0.1) is 0 Å². The Kier molecular flexibility index (Phi) is 3.11. The lowest BCUT2D eigenvalue weighted by molar-refractivity contribution is -0.110. The minimum atomic E-state index is 0.114. The molecule has 0 aromatic heterocycles. The van der Waals surface area contributed by atoms with E-state index in [1.807, 2.05) is 66.8 Å². The summed E-state index contributed by atoms with van der Waals surface area (Å²) in [5.41, 5.74) is 3.64. The lowest BCUT2D eigenvalue weighted by Crippen LogP contribution is -2.09. The van der Waals surface area contributed by atoms with Crippen molar-refractivity contribution in [1.29, 1.82) is 0 Å². The van der Waals surface area contributed by atoms with Gasteiger partial charge in [-0.15, -0.1) is 0 Å². The Morgan fingerprint density at radius 1 is 0.895 bits per heavy atom. The van der Waals surface area contributed by atoms with Crippen LogP contribution in [0.15, 0.2) is 84.0 Å². The molecule has 0 atom stereocenters. The molecule has 1 aromatic carbocycles. The summed E-state index contributed by atoms with van der Waals surface area (Å²) in [7, 11) is 0. The molecule has 0 N–H and O–H groups in total. The molecule has 1 aromatic rings. The van der Waals surface area contributed by atoms with Crippen LogP contribution in [0.2, 0.25) is 0 Å². The normalized spacial score (nSPS) is 21.7. The summed E-state index contributed by atoms with van der Waals surface area (Å²) in [4.78, 5) is 12.6. The summed E-state index contributed by atoms with van der Waals surface area (Å²) in [6.45, 7) is 0. The number of Topliss-reactive ketones (excluding diaryl/α,β-unsaturated/α-hetero) is 1. The summed E-state index contributed by atoms with van der Waals surface area (Å²) in [5.74, 6) is 0.114. The molecule has 92 valence electrons. The van der Waals surface area contributed by atoms with E-state index in [-0.39, 0.29) is 5.78 Å². The Morgan fingerprint density at radius 3 is 2.47 bits per heavy atom. The number of hydrogen-bond donors (Lipinski definition) is 0. The molecule has 2 aliphatic carbocycles. The highest BCUT2D eigenvalue weighted by Crippen LogP contribution is 2.27. The van der Waals surface area contributed by atoms with Gasteiger partial charge in [-0.3, -0.25) is 4.79 Å². The van der Waals surface area contributed by atoms with Crippen molar-refractivity contribution in [3.63, 3.8) is 0 Å². The van der Waals surface area contributed by atoms with Crippen LogP contribution in [-0.2, 0) is 4.79 Å². The van der Waals surface area contributed by atoms with Crippen LogP contribution in [0.25, 0.3) is 5.57 Å². The van der Waals surface area contributed by atoms with Gasteiger partial charge in [0, 0.05) is 11.1 Å². The number of hydrogen-bond acceptors (Lipinski definition) is 1. The summed E-state index contributed by atoms with van der Waals surface area (Å²) in [6, 6.07) is 9.82. The average molecular weight is 246 g/mol.